The third-order valence-electron chi connectivity index (χ3n) is 2.79. The molecule has 2 N–H and O–H groups in total. The van der Waals surface area contributed by atoms with Crippen molar-refractivity contribution in [3.05, 3.63) is 41.5 Å². The van der Waals surface area contributed by atoms with Crippen molar-refractivity contribution in [3.8, 4) is 11.5 Å². The molecule has 0 fully saturated rings. The highest BCUT2D eigenvalue weighted by Gasteiger charge is 2.00. The Morgan fingerprint density at radius 1 is 1.28 bits per heavy atom. The van der Waals surface area contributed by atoms with Gasteiger partial charge in [-0.2, -0.15) is 0 Å². The fraction of sp³-hybridized carbons (Fsp3) is 0.375. The van der Waals surface area contributed by atoms with E-state index in [1.165, 1.54) is 11.6 Å². The van der Waals surface area contributed by atoms with Gasteiger partial charge in [-0.05, 0) is 44.7 Å². The van der Waals surface area contributed by atoms with Crippen LogP contribution in [-0.2, 0) is 0 Å². The molecule has 0 aliphatic carbocycles. The lowest BCUT2D eigenvalue weighted by molar-refractivity contribution is 0.450. The summed E-state index contributed by atoms with van der Waals surface area (Å²) in [6, 6.07) is 4.64. The zero-order valence-electron chi connectivity index (χ0n) is 11.4. The van der Waals surface area contributed by atoms with Gasteiger partial charge in [-0.15, -0.1) is 0 Å². The number of phenolic OH excluding ortho intramolecular Hbond substituents is 2. The zero-order valence-corrected chi connectivity index (χ0v) is 11.4. The molecule has 0 spiro atoms. The molecule has 18 heavy (non-hydrogen) atoms. The van der Waals surface area contributed by atoms with Gasteiger partial charge < -0.3 is 10.2 Å². The maximum Gasteiger partial charge on any atom is 0.126 e. The molecule has 1 aromatic carbocycles. The average Bonchev–Trinajstić information content (AvgIpc) is 2.27. The van der Waals surface area contributed by atoms with Crippen molar-refractivity contribution >= 4 is 6.08 Å². The molecule has 0 radical (unpaired) electrons. The van der Waals surface area contributed by atoms with Crippen LogP contribution >= 0.6 is 0 Å². The van der Waals surface area contributed by atoms with E-state index in [1.54, 1.807) is 12.1 Å². The van der Waals surface area contributed by atoms with Crippen molar-refractivity contribution in [2.24, 2.45) is 5.92 Å². The minimum Gasteiger partial charge on any atom is -0.508 e. The Kier molecular flexibility index (Phi) is 5.50. The standard InChI is InChI=1S/C16H22O2/c1-12(2)5-4-6-13(3)7-8-14-9-10-15(17)11-16(14)18/h5,7-11,13,17-18H,4,6H2,1-3H3. The number of rotatable bonds is 5. The van der Waals surface area contributed by atoms with Crippen molar-refractivity contribution in [1.82, 2.24) is 0 Å². The molecule has 1 unspecified atom stereocenters. The smallest absolute Gasteiger partial charge is 0.126 e. The van der Waals surface area contributed by atoms with E-state index in [4.69, 9.17) is 0 Å². The van der Waals surface area contributed by atoms with E-state index in [2.05, 4.69) is 32.9 Å². The summed E-state index contributed by atoms with van der Waals surface area (Å²) in [5.41, 5.74) is 2.09. The van der Waals surface area contributed by atoms with Crippen LogP contribution in [0.2, 0.25) is 0 Å². The van der Waals surface area contributed by atoms with Gasteiger partial charge in [0.05, 0.1) is 0 Å². The van der Waals surface area contributed by atoms with Crippen molar-refractivity contribution < 1.29 is 10.2 Å². The molecular formula is C16H22O2. The first kappa shape index (κ1) is 14.4. The Morgan fingerprint density at radius 2 is 2.00 bits per heavy atom. The van der Waals surface area contributed by atoms with Crippen LogP contribution < -0.4 is 0 Å². The molecular weight excluding hydrogens is 224 g/mol. The summed E-state index contributed by atoms with van der Waals surface area (Å²) < 4.78 is 0. The van der Waals surface area contributed by atoms with Crippen LogP contribution in [0.4, 0.5) is 0 Å². The maximum absolute atomic E-state index is 9.63. The summed E-state index contributed by atoms with van der Waals surface area (Å²) in [5, 5.41) is 18.8. The molecule has 0 heterocycles. The first-order valence-corrected chi connectivity index (χ1v) is 6.32. The highest BCUT2D eigenvalue weighted by Crippen LogP contribution is 2.24. The van der Waals surface area contributed by atoms with Gasteiger partial charge in [-0.3, -0.25) is 0 Å². The van der Waals surface area contributed by atoms with Gasteiger partial charge in [0, 0.05) is 11.6 Å². The molecule has 0 saturated carbocycles. The number of benzene rings is 1. The largest absolute Gasteiger partial charge is 0.508 e. The van der Waals surface area contributed by atoms with E-state index in [0.29, 0.717) is 5.92 Å². The van der Waals surface area contributed by atoms with Gasteiger partial charge in [0.25, 0.3) is 0 Å². The summed E-state index contributed by atoms with van der Waals surface area (Å²) >= 11 is 0. The minimum atomic E-state index is 0.0845. The highest BCUT2D eigenvalue weighted by molar-refractivity contribution is 5.58. The minimum absolute atomic E-state index is 0.0845. The van der Waals surface area contributed by atoms with Crippen LogP contribution in [0.25, 0.3) is 6.08 Å². The predicted molar refractivity (Wildman–Crippen MR) is 76.6 cm³/mol. The fourth-order valence-corrected chi connectivity index (χ4v) is 1.67. The molecule has 0 bridgehead atoms. The topological polar surface area (TPSA) is 40.5 Å². The number of aromatic hydroxyl groups is 2. The molecule has 2 nitrogen and oxygen atoms in total. The quantitative estimate of drug-likeness (QED) is 0.751. The molecule has 0 amide bonds. The number of allylic oxidation sites excluding steroid dienone is 3. The van der Waals surface area contributed by atoms with Gasteiger partial charge in [0.2, 0.25) is 0 Å². The first-order chi connectivity index (χ1) is 8.49. The fourth-order valence-electron chi connectivity index (χ4n) is 1.67. The lowest BCUT2D eigenvalue weighted by Crippen LogP contribution is -1.88. The highest BCUT2D eigenvalue weighted by atomic mass is 16.3. The number of hydrogen-bond donors (Lipinski definition) is 2. The molecule has 0 aromatic heterocycles. The van der Waals surface area contributed by atoms with Gasteiger partial charge >= 0.3 is 0 Å². The van der Waals surface area contributed by atoms with Crippen LogP contribution in [0.5, 0.6) is 11.5 Å². The second kappa shape index (κ2) is 6.90. The van der Waals surface area contributed by atoms with E-state index in [0.717, 1.165) is 18.4 Å². The SMILES string of the molecule is CC(C)=CCCC(C)C=Cc1ccc(O)cc1O. The Labute approximate surface area is 109 Å². The normalized spacial score (nSPS) is 12.6. The molecule has 0 aliphatic rings. The van der Waals surface area contributed by atoms with E-state index in [1.807, 2.05) is 6.08 Å². The van der Waals surface area contributed by atoms with E-state index < -0.39 is 0 Å². The zero-order chi connectivity index (χ0) is 13.5. The van der Waals surface area contributed by atoms with Gasteiger partial charge in [-0.1, -0.05) is 30.7 Å². The molecule has 98 valence electrons. The predicted octanol–water partition coefficient (Wildman–Crippen LogP) is 4.49. The second-order valence-corrected chi connectivity index (χ2v) is 4.94. The molecule has 1 aromatic rings. The lowest BCUT2D eigenvalue weighted by atomic mass is 10.0. The monoisotopic (exact) mass is 246 g/mol. The van der Waals surface area contributed by atoms with E-state index >= 15 is 0 Å². The van der Waals surface area contributed by atoms with Crippen LogP contribution in [0.3, 0.4) is 0 Å². The van der Waals surface area contributed by atoms with Crippen LogP contribution in [0.1, 0.15) is 39.2 Å². The van der Waals surface area contributed by atoms with Crippen molar-refractivity contribution in [2.75, 3.05) is 0 Å². The Balaban J connectivity index is 2.55. The average molecular weight is 246 g/mol. The second-order valence-electron chi connectivity index (χ2n) is 4.94. The molecule has 0 saturated heterocycles. The van der Waals surface area contributed by atoms with Crippen LogP contribution in [0.15, 0.2) is 35.9 Å². The van der Waals surface area contributed by atoms with Crippen LogP contribution in [0, 0.1) is 5.92 Å². The Hall–Kier alpha value is -1.70. The third-order valence-corrected chi connectivity index (χ3v) is 2.79. The summed E-state index contributed by atoms with van der Waals surface area (Å²) in [5.74, 6) is 0.665. The van der Waals surface area contributed by atoms with Gasteiger partial charge in [-0.25, -0.2) is 0 Å². The van der Waals surface area contributed by atoms with Gasteiger partial charge in [0.15, 0.2) is 0 Å². The molecule has 1 atom stereocenters. The first-order valence-electron chi connectivity index (χ1n) is 6.32. The molecule has 2 heteroatoms. The van der Waals surface area contributed by atoms with Crippen molar-refractivity contribution in [1.29, 1.82) is 0 Å². The lowest BCUT2D eigenvalue weighted by Gasteiger charge is -2.04. The Bertz CT molecular complexity index is 440. The summed E-state index contributed by atoms with van der Waals surface area (Å²) in [4.78, 5) is 0. The number of phenols is 2. The maximum atomic E-state index is 9.63. The van der Waals surface area contributed by atoms with Gasteiger partial charge in [0.1, 0.15) is 11.5 Å². The summed E-state index contributed by atoms with van der Waals surface area (Å²) in [6.45, 7) is 6.37. The van der Waals surface area contributed by atoms with E-state index in [-0.39, 0.29) is 11.5 Å². The summed E-state index contributed by atoms with van der Waals surface area (Å²) in [6.07, 6.45) is 8.41. The Morgan fingerprint density at radius 3 is 2.61 bits per heavy atom. The third kappa shape index (κ3) is 5.09. The van der Waals surface area contributed by atoms with Crippen molar-refractivity contribution in [2.45, 2.75) is 33.6 Å². The molecule has 0 aliphatic heterocycles. The van der Waals surface area contributed by atoms with Crippen LogP contribution in [-0.4, -0.2) is 10.2 Å². The number of hydrogen-bond acceptors (Lipinski definition) is 2. The summed E-state index contributed by atoms with van der Waals surface area (Å²) in [7, 11) is 0. The van der Waals surface area contributed by atoms with E-state index in [9.17, 15) is 10.2 Å². The molecule has 1 rings (SSSR count). The van der Waals surface area contributed by atoms with Crippen molar-refractivity contribution in [3.63, 3.8) is 0 Å².